The second-order valence-corrected chi connectivity index (χ2v) is 2.97. The van der Waals surface area contributed by atoms with E-state index in [1.54, 1.807) is 12.1 Å². The molecule has 1 aromatic heterocycles. The maximum absolute atomic E-state index is 9.20. The van der Waals surface area contributed by atoms with Crippen LogP contribution in [0.3, 0.4) is 0 Å². The Hall–Kier alpha value is -2.03. The van der Waals surface area contributed by atoms with E-state index >= 15 is 0 Å². The van der Waals surface area contributed by atoms with Gasteiger partial charge in [0.15, 0.2) is 11.6 Å². The molecular weight excluding hydrogens is 176 g/mol. The van der Waals surface area contributed by atoms with E-state index in [0.717, 1.165) is 11.3 Å². The number of nitrogens with two attached hydrogens (primary N) is 1. The minimum Gasteiger partial charge on any atom is -0.504 e. The summed E-state index contributed by atoms with van der Waals surface area (Å²) in [5.74, 6) is 0.177. The van der Waals surface area contributed by atoms with Crippen molar-refractivity contribution in [2.45, 2.75) is 0 Å². The molecule has 0 aliphatic heterocycles. The molecule has 2 aromatic rings. The fraction of sp³-hybridized carbons (Fsp3) is 0. The molecule has 70 valence electrons. The van der Waals surface area contributed by atoms with Crippen LogP contribution in [0.25, 0.3) is 11.3 Å². The van der Waals surface area contributed by atoms with Gasteiger partial charge in [0.05, 0.1) is 5.69 Å². The van der Waals surface area contributed by atoms with Crippen LogP contribution >= 0.6 is 0 Å². The molecule has 0 unspecified atom stereocenters. The van der Waals surface area contributed by atoms with Gasteiger partial charge in [-0.25, -0.2) is 4.98 Å². The van der Waals surface area contributed by atoms with E-state index in [4.69, 9.17) is 5.73 Å². The fourth-order valence-corrected chi connectivity index (χ4v) is 1.24. The molecule has 1 aromatic carbocycles. The first-order valence-corrected chi connectivity index (χ1v) is 4.28. The van der Waals surface area contributed by atoms with Crippen molar-refractivity contribution in [2.75, 3.05) is 5.73 Å². The minimum absolute atomic E-state index is 0.0182. The van der Waals surface area contributed by atoms with Gasteiger partial charge in [0, 0.05) is 5.56 Å². The van der Waals surface area contributed by atoms with Crippen molar-refractivity contribution in [1.29, 1.82) is 0 Å². The summed E-state index contributed by atoms with van der Waals surface area (Å²) < 4.78 is 0. The number of aromatic hydroxyl groups is 1. The fourth-order valence-electron chi connectivity index (χ4n) is 1.24. The lowest BCUT2D eigenvalue weighted by Crippen LogP contribution is -1.92. The van der Waals surface area contributed by atoms with Crippen molar-refractivity contribution < 1.29 is 5.11 Å². The standard InChI is InChI=1S/C11H10N2O/c12-11-10(14)7-6-9(13-11)8-4-2-1-3-5-8/h1-7,14H,(H2,12,13). The van der Waals surface area contributed by atoms with Gasteiger partial charge in [0.2, 0.25) is 0 Å². The van der Waals surface area contributed by atoms with Gasteiger partial charge in [-0.2, -0.15) is 0 Å². The van der Waals surface area contributed by atoms with Gasteiger partial charge in [-0.3, -0.25) is 0 Å². The number of nitrogens with zero attached hydrogens (tertiary/aromatic N) is 1. The van der Waals surface area contributed by atoms with Gasteiger partial charge in [0.1, 0.15) is 0 Å². The molecular formula is C11H10N2O. The van der Waals surface area contributed by atoms with E-state index < -0.39 is 0 Å². The van der Waals surface area contributed by atoms with Crippen LogP contribution in [0, 0.1) is 0 Å². The topological polar surface area (TPSA) is 59.1 Å². The number of pyridine rings is 1. The second-order valence-electron chi connectivity index (χ2n) is 2.97. The van der Waals surface area contributed by atoms with Crippen LogP contribution in [0.1, 0.15) is 0 Å². The largest absolute Gasteiger partial charge is 0.504 e. The molecule has 0 atom stereocenters. The summed E-state index contributed by atoms with van der Waals surface area (Å²) in [4.78, 5) is 4.07. The van der Waals surface area contributed by atoms with Crippen molar-refractivity contribution in [1.82, 2.24) is 4.98 Å². The molecule has 0 bridgehead atoms. The van der Waals surface area contributed by atoms with E-state index in [9.17, 15) is 5.11 Å². The first-order chi connectivity index (χ1) is 6.77. The zero-order valence-electron chi connectivity index (χ0n) is 7.51. The maximum atomic E-state index is 9.20. The van der Waals surface area contributed by atoms with Crippen molar-refractivity contribution in [3.05, 3.63) is 42.5 Å². The van der Waals surface area contributed by atoms with Crippen LogP contribution in [-0.4, -0.2) is 10.1 Å². The monoisotopic (exact) mass is 186 g/mol. The maximum Gasteiger partial charge on any atom is 0.166 e. The van der Waals surface area contributed by atoms with Gasteiger partial charge in [-0.1, -0.05) is 30.3 Å². The average Bonchev–Trinajstić information content (AvgIpc) is 2.23. The third-order valence-corrected chi connectivity index (χ3v) is 1.97. The van der Waals surface area contributed by atoms with Crippen LogP contribution in [0.2, 0.25) is 0 Å². The molecule has 14 heavy (non-hydrogen) atoms. The number of anilines is 1. The van der Waals surface area contributed by atoms with Crippen LogP contribution in [0.15, 0.2) is 42.5 Å². The lowest BCUT2D eigenvalue weighted by molar-refractivity contribution is 0.476. The van der Waals surface area contributed by atoms with Crippen LogP contribution in [0.4, 0.5) is 5.82 Å². The first kappa shape index (κ1) is 8.56. The van der Waals surface area contributed by atoms with Crippen LogP contribution < -0.4 is 5.73 Å². The lowest BCUT2D eigenvalue weighted by atomic mass is 10.1. The highest BCUT2D eigenvalue weighted by Crippen LogP contribution is 2.23. The molecule has 3 heteroatoms. The van der Waals surface area contributed by atoms with Crippen LogP contribution in [-0.2, 0) is 0 Å². The van der Waals surface area contributed by atoms with E-state index in [1.807, 2.05) is 30.3 Å². The number of rotatable bonds is 1. The second kappa shape index (κ2) is 3.38. The predicted octanol–water partition coefficient (Wildman–Crippen LogP) is 2.04. The number of nitrogen functional groups attached to an aromatic ring is 1. The number of hydrogen-bond acceptors (Lipinski definition) is 3. The molecule has 0 amide bonds. The third kappa shape index (κ3) is 1.52. The Morgan fingerprint density at radius 1 is 1.00 bits per heavy atom. The molecule has 1 heterocycles. The van der Waals surface area contributed by atoms with E-state index in [1.165, 1.54) is 0 Å². The van der Waals surface area contributed by atoms with Gasteiger partial charge < -0.3 is 10.8 Å². The minimum atomic E-state index is 0.0182. The molecule has 0 aliphatic rings. The summed E-state index contributed by atoms with van der Waals surface area (Å²) in [6.07, 6.45) is 0. The molecule has 0 saturated heterocycles. The van der Waals surface area contributed by atoms with E-state index in [0.29, 0.717) is 0 Å². The zero-order chi connectivity index (χ0) is 9.97. The van der Waals surface area contributed by atoms with E-state index in [-0.39, 0.29) is 11.6 Å². The predicted molar refractivity (Wildman–Crippen MR) is 55.8 cm³/mol. The van der Waals surface area contributed by atoms with Crippen molar-refractivity contribution in [3.63, 3.8) is 0 Å². The molecule has 2 rings (SSSR count). The summed E-state index contributed by atoms with van der Waals surface area (Å²) in [5, 5.41) is 9.20. The Kier molecular flexibility index (Phi) is 2.07. The normalized spacial score (nSPS) is 10.0. The Morgan fingerprint density at radius 3 is 2.36 bits per heavy atom. The van der Waals surface area contributed by atoms with Crippen molar-refractivity contribution >= 4 is 5.82 Å². The summed E-state index contributed by atoms with van der Waals surface area (Å²) in [6.45, 7) is 0. The van der Waals surface area contributed by atoms with Crippen molar-refractivity contribution in [2.24, 2.45) is 0 Å². The molecule has 0 aliphatic carbocycles. The molecule has 3 nitrogen and oxygen atoms in total. The summed E-state index contributed by atoms with van der Waals surface area (Å²) in [6, 6.07) is 13.0. The van der Waals surface area contributed by atoms with Crippen LogP contribution in [0.5, 0.6) is 5.75 Å². The average molecular weight is 186 g/mol. The molecule has 0 spiro atoms. The Bertz CT molecular complexity index is 440. The zero-order valence-corrected chi connectivity index (χ0v) is 7.51. The van der Waals surface area contributed by atoms with E-state index in [2.05, 4.69) is 4.98 Å². The van der Waals surface area contributed by atoms with Gasteiger partial charge in [-0.05, 0) is 12.1 Å². The highest BCUT2D eigenvalue weighted by Gasteiger charge is 2.01. The van der Waals surface area contributed by atoms with Gasteiger partial charge >= 0.3 is 0 Å². The van der Waals surface area contributed by atoms with Gasteiger partial charge in [-0.15, -0.1) is 0 Å². The highest BCUT2D eigenvalue weighted by molar-refractivity contribution is 5.62. The molecule has 0 radical (unpaired) electrons. The Labute approximate surface area is 81.8 Å². The SMILES string of the molecule is Nc1nc(-c2ccccc2)ccc1O. The quantitative estimate of drug-likeness (QED) is 0.716. The summed E-state index contributed by atoms with van der Waals surface area (Å²) in [7, 11) is 0. The smallest absolute Gasteiger partial charge is 0.166 e. The molecule has 0 fully saturated rings. The number of benzene rings is 1. The number of aromatic nitrogens is 1. The number of hydrogen-bond donors (Lipinski definition) is 2. The first-order valence-electron chi connectivity index (χ1n) is 4.28. The summed E-state index contributed by atoms with van der Waals surface area (Å²) in [5.41, 5.74) is 7.25. The molecule has 0 saturated carbocycles. The van der Waals surface area contributed by atoms with Crippen molar-refractivity contribution in [3.8, 4) is 17.0 Å². The highest BCUT2D eigenvalue weighted by atomic mass is 16.3. The molecule has 3 N–H and O–H groups in total. The lowest BCUT2D eigenvalue weighted by Gasteiger charge is -2.02. The third-order valence-electron chi connectivity index (χ3n) is 1.97. The Morgan fingerprint density at radius 2 is 1.71 bits per heavy atom. The summed E-state index contributed by atoms with van der Waals surface area (Å²) >= 11 is 0. The Balaban J connectivity index is 2.48. The van der Waals surface area contributed by atoms with Gasteiger partial charge in [0.25, 0.3) is 0 Å².